The van der Waals surface area contributed by atoms with Crippen LogP contribution in [0.4, 0.5) is 13.2 Å². The van der Waals surface area contributed by atoms with Crippen LogP contribution in [-0.4, -0.2) is 18.4 Å². The molecule has 0 saturated heterocycles. The van der Waals surface area contributed by atoms with Crippen LogP contribution in [0.15, 0.2) is 0 Å². The Morgan fingerprint density at radius 1 is 1.56 bits per heavy atom. The van der Waals surface area contributed by atoms with Crippen molar-refractivity contribution in [1.29, 1.82) is 0 Å². The molecule has 0 aliphatic carbocycles. The Bertz CT molecular complexity index is 80.3. The molecule has 56 valence electrons. The van der Waals surface area contributed by atoms with Crippen molar-refractivity contribution in [3.63, 3.8) is 0 Å². The third-order valence-electron chi connectivity index (χ3n) is 1.14. The van der Waals surface area contributed by atoms with E-state index in [1.54, 1.807) is 0 Å². The maximum atomic E-state index is 11.8. The molecule has 0 aromatic rings. The van der Waals surface area contributed by atoms with Crippen LogP contribution >= 0.6 is 15.9 Å². The van der Waals surface area contributed by atoms with Crippen LogP contribution in [0.2, 0.25) is 0 Å². The molecule has 0 rings (SSSR count). The van der Waals surface area contributed by atoms with Crippen LogP contribution in [0.5, 0.6) is 0 Å². The van der Waals surface area contributed by atoms with Crippen molar-refractivity contribution in [3.8, 4) is 0 Å². The summed E-state index contributed by atoms with van der Waals surface area (Å²) in [5, 5.41) is -0.00579. The fourth-order valence-corrected chi connectivity index (χ4v) is 0.547. The average molecular weight is 205 g/mol. The van der Waals surface area contributed by atoms with Crippen molar-refractivity contribution in [2.75, 3.05) is 12.0 Å². The van der Waals surface area contributed by atoms with E-state index >= 15 is 0 Å². The number of alkyl halides is 4. The van der Waals surface area contributed by atoms with E-state index in [4.69, 9.17) is 0 Å². The lowest BCUT2D eigenvalue weighted by atomic mass is 9.97. The Morgan fingerprint density at radius 2 is 2.00 bits per heavy atom. The Morgan fingerprint density at radius 3 is 2.00 bits per heavy atom. The zero-order chi connectivity index (χ0) is 7.49. The molecular formula is C5H8BrF3. The van der Waals surface area contributed by atoms with Crippen LogP contribution < -0.4 is 0 Å². The standard InChI is InChI=1S/C5H8BrF3/c1-5(2-6,3-7)4(8)9/h4H,2-3H2,1H3. The Kier molecular flexibility index (Phi) is 3.54. The second-order valence-corrected chi connectivity index (χ2v) is 2.78. The first kappa shape index (κ1) is 9.27. The van der Waals surface area contributed by atoms with E-state index in [0.717, 1.165) is 0 Å². The van der Waals surface area contributed by atoms with E-state index < -0.39 is 18.5 Å². The first-order chi connectivity index (χ1) is 4.06. The van der Waals surface area contributed by atoms with Gasteiger partial charge in [-0.1, -0.05) is 22.9 Å². The highest BCUT2D eigenvalue weighted by atomic mass is 79.9. The largest absolute Gasteiger partial charge is 0.250 e. The van der Waals surface area contributed by atoms with Crippen molar-refractivity contribution >= 4 is 15.9 Å². The van der Waals surface area contributed by atoms with Gasteiger partial charge in [0.2, 0.25) is 6.43 Å². The minimum absolute atomic E-state index is 0.00579. The molecule has 1 atom stereocenters. The van der Waals surface area contributed by atoms with Gasteiger partial charge in [0.15, 0.2) is 0 Å². The SMILES string of the molecule is CC(CF)(CBr)C(F)F. The molecule has 0 radical (unpaired) electrons. The summed E-state index contributed by atoms with van der Waals surface area (Å²) in [6, 6.07) is 0. The van der Waals surface area contributed by atoms with Gasteiger partial charge in [-0.2, -0.15) is 0 Å². The first-order valence-corrected chi connectivity index (χ1v) is 3.59. The van der Waals surface area contributed by atoms with E-state index in [0.29, 0.717) is 0 Å². The summed E-state index contributed by atoms with van der Waals surface area (Å²) in [5.41, 5.74) is -1.50. The fraction of sp³-hybridized carbons (Fsp3) is 1.00. The Hall–Kier alpha value is 0.270. The summed E-state index contributed by atoms with van der Waals surface area (Å²) in [4.78, 5) is 0. The molecule has 0 spiro atoms. The lowest BCUT2D eigenvalue weighted by Crippen LogP contribution is -2.29. The second kappa shape index (κ2) is 3.44. The zero-order valence-electron chi connectivity index (χ0n) is 5.00. The smallest absolute Gasteiger partial charge is 0.247 e. The summed E-state index contributed by atoms with van der Waals surface area (Å²) in [5.74, 6) is 0. The number of rotatable bonds is 3. The summed E-state index contributed by atoms with van der Waals surface area (Å²) in [6.07, 6.45) is -2.60. The van der Waals surface area contributed by atoms with Gasteiger partial charge in [-0.3, -0.25) is 4.39 Å². The Labute approximate surface area is 60.6 Å². The van der Waals surface area contributed by atoms with E-state index in [9.17, 15) is 13.2 Å². The predicted molar refractivity (Wildman–Crippen MR) is 33.9 cm³/mol. The fourth-order valence-electron chi connectivity index (χ4n) is 0.152. The molecule has 0 nitrogen and oxygen atoms in total. The minimum atomic E-state index is -2.60. The molecule has 0 saturated carbocycles. The van der Waals surface area contributed by atoms with E-state index in [1.165, 1.54) is 6.92 Å². The van der Waals surface area contributed by atoms with Gasteiger partial charge in [0.05, 0.1) is 5.41 Å². The van der Waals surface area contributed by atoms with E-state index in [2.05, 4.69) is 15.9 Å². The van der Waals surface area contributed by atoms with Crippen molar-refractivity contribution < 1.29 is 13.2 Å². The third-order valence-corrected chi connectivity index (χ3v) is 2.42. The molecule has 0 fully saturated rings. The lowest BCUT2D eigenvalue weighted by molar-refractivity contribution is 0.00810. The van der Waals surface area contributed by atoms with Gasteiger partial charge in [-0.15, -0.1) is 0 Å². The zero-order valence-corrected chi connectivity index (χ0v) is 6.59. The highest BCUT2D eigenvalue weighted by Crippen LogP contribution is 2.27. The monoisotopic (exact) mass is 204 g/mol. The van der Waals surface area contributed by atoms with E-state index in [-0.39, 0.29) is 5.33 Å². The topological polar surface area (TPSA) is 0 Å². The molecule has 0 N–H and O–H groups in total. The molecule has 4 heteroatoms. The molecule has 9 heavy (non-hydrogen) atoms. The van der Waals surface area contributed by atoms with Crippen molar-refractivity contribution in [3.05, 3.63) is 0 Å². The summed E-state index contributed by atoms with van der Waals surface area (Å²) < 4.78 is 35.4. The van der Waals surface area contributed by atoms with Crippen LogP contribution in [0.1, 0.15) is 6.92 Å². The normalized spacial score (nSPS) is 18.0. The highest BCUT2D eigenvalue weighted by molar-refractivity contribution is 9.09. The molecule has 0 aromatic carbocycles. The number of hydrogen-bond acceptors (Lipinski definition) is 0. The quantitative estimate of drug-likeness (QED) is 0.621. The summed E-state index contributed by atoms with van der Waals surface area (Å²) >= 11 is 2.81. The molecular weight excluding hydrogens is 197 g/mol. The van der Waals surface area contributed by atoms with Crippen molar-refractivity contribution in [1.82, 2.24) is 0 Å². The lowest BCUT2D eigenvalue weighted by Gasteiger charge is -2.21. The molecule has 0 aliphatic rings. The molecule has 0 aromatic heterocycles. The van der Waals surface area contributed by atoms with Crippen molar-refractivity contribution in [2.24, 2.45) is 5.41 Å². The number of hydrogen-bond donors (Lipinski definition) is 0. The van der Waals surface area contributed by atoms with Crippen molar-refractivity contribution in [2.45, 2.75) is 13.3 Å². The van der Waals surface area contributed by atoms with Gasteiger partial charge in [0.25, 0.3) is 0 Å². The molecule has 0 aliphatic heterocycles. The molecule has 0 heterocycles. The minimum Gasteiger partial charge on any atom is -0.250 e. The highest BCUT2D eigenvalue weighted by Gasteiger charge is 2.33. The number of halogens is 4. The van der Waals surface area contributed by atoms with Gasteiger partial charge in [0, 0.05) is 5.33 Å². The average Bonchev–Trinajstić information content (AvgIpc) is 1.86. The Balaban J connectivity index is 3.92. The van der Waals surface area contributed by atoms with Gasteiger partial charge in [0.1, 0.15) is 6.67 Å². The first-order valence-electron chi connectivity index (χ1n) is 2.47. The van der Waals surface area contributed by atoms with Crippen LogP contribution in [0.3, 0.4) is 0 Å². The summed E-state index contributed by atoms with van der Waals surface area (Å²) in [7, 11) is 0. The predicted octanol–water partition coefficient (Wildman–Crippen LogP) is 2.62. The third kappa shape index (κ3) is 2.16. The summed E-state index contributed by atoms with van der Waals surface area (Å²) in [6.45, 7) is 0.211. The van der Waals surface area contributed by atoms with Crippen LogP contribution in [-0.2, 0) is 0 Å². The van der Waals surface area contributed by atoms with Gasteiger partial charge in [-0.25, -0.2) is 8.78 Å². The van der Waals surface area contributed by atoms with E-state index in [1.807, 2.05) is 0 Å². The van der Waals surface area contributed by atoms with Gasteiger partial charge >= 0.3 is 0 Å². The molecule has 0 bridgehead atoms. The maximum absolute atomic E-state index is 11.8. The maximum Gasteiger partial charge on any atom is 0.247 e. The molecule has 0 amide bonds. The molecule has 1 unspecified atom stereocenters. The second-order valence-electron chi connectivity index (χ2n) is 2.22. The van der Waals surface area contributed by atoms with Crippen LogP contribution in [0, 0.1) is 5.41 Å². The van der Waals surface area contributed by atoms with Crippen LogP contribution in [0.25, 0.3) is 0 Å². The van der Waals surface area contributed by atoms with Gasteiger partial charge < -0.3 is 0 Å². The van der Waals surface area contributed by atoms with Gasteiger partial charge in [-0.05, 0) is 0 Å².